The number of piperazine rings is 1. The van der Waals surface area contributed by atoms with Gasteiger partial charge < -0.3 is 20.4 Å². The number of nitrogens with zero attached hydrogens (tertiary/aromatic N) is 3. The maximum absolute atomic E-state index is 12.5. The van der Waals surface area contributed by atoms with E-state index in [4.69, 9.17) is 0 Å². The van der Waals surface area contributed by atoms with Crippen LogP contribution >= 0.6 is 0 Å². The molecule has 2 aromatic rings. The summed E-state index contributed by atoms with van der Waals surface area (Å²) in [4.78, 5) is 17.1. The summed E-state index contributed by atoms with van der Waals surface area (Å²) in [6, 6.07) is 17.8. The summed E-state index contributed by atoms with van der Waals surface area (Å²) >= 11 is 0. The highest BCUT2D eigenvalue weighted by Gasteiger charge is 2.14. The lowest BCUT2D eigenvalue weighted by Gasteiger charge is -2.34. The Morgan fingerprint density at radius 3 is 2.29 bits per heavy atom. The Hall–Kier alpha value is -3.30. The third kappa shape index (κ3) is 6.59. The standard InChI is InChI=1S/C25H31N5O/c1-3-4-5-20-6-8-23(9-7-20)28-25(31)21(18-26)19-27-22-10-12-24(13-11-22)30-16-14-29(2)15-17-30/h6-13,19,27H,3-5,14-17H2,1-2H3,(H,28,31)/b21-19-. The van der Waals surface area contributed by atoms with Crippen molar-refractivity contribution in [3.63, 3.8) is 0 Å². The van der Waals surface area contributed by atoms with Crippen molar-refractivity contribution < 1.29 is 4.79 Å². The van der Waals surface area contributed by atoms with Gasteiger partial charge in [0.05, 0.1) is 0 Å². The molecule has 162 valence electrons. The highest BCUT2D eigenvalue weighted by atomic mass is 16.1. The smallest absolute Gasteiger partial charge is 0.267 e. The lowest BCUT2D eigenvalue weighted by atomic mass is 10.1. The Balaban J connectivity index is 1.56. The average Bonchev–Trinajstić information content (AvgIpc) is 2.80. The first-order valence-corrected chi connectivity index (χ1v) is 10.9. The summed E-state index contributed by atoms with van der Waals surface area (Å²) in [6.07, 6.45) is 4.79. The molecule has 6 heteroatoms. The van der Waals surface area contributed by atoms with Crippen molar-refractivity contribution in [3.05, 3.63) is 65.9 Å². The largest absolute Gasteiger partial charge is 0.369 e. The topological polar surface area (TPSA) is 71.4 Å². The van der Waals surface area contributed by atoms with E-state index in [-0.39, 0.29) is 5.57 Å². The van der Waals surface area contributed by atoms with Crippen LogP contribution < -0.4 is 15.5 Å². The monoisotopic (exact) mass is 417 g/mol. The number of hydrogen-bond donors (Lipinski definition) is 2. The summed E-state index contributed by atoms with van der Waals surface area (Å²) in [7, 11) is 2.14. The summed E-state index contributed by atoms with van der Waals surface area (Å²) in [5.41, 5.74) is 3.97. The second kappa shape index (κ2) is 11.2. The lowest BCUT2D eigenvalue weighted by Crippen LogP contribution is -2.44. The van der Waals surface area contributed by atoms with Crippen LogP contribution in [0, 0.1) is 11.3 Å². The van der Waals surface area contributed by atoms with Gasteiger partial charge in [0.15, 0.2) is 0 Å². The molecule has 1 aliphatic heterocycles. The molecule has 3 rings (SSSR count). The maximum atomic E-state index is 12.5. The van der Waals surface area contributed by atoms with Crippen LogP contribution in [0.4, 0.5) is 17.1 Å². The number of carbonyl (C=O) groups is 1. The molecule has 0 unspecified atom stereocenters. The van der Waals surface area contributed by atoms with Gasteiger partial charge in [0, 0.05) is 49.4 Å². The van der Waals surface area contributed by atoms with E-state index in [2.05, 4.69) is 46.5 Å². The molecular weight excluding hydrogens is 386 g/mol. The zero-order chi connectivity index (χ0) is 22.1. The molecule has 0 radical (unpaired) electrons. The Kier molecular flexibility index (Phi) is 8.08. The highest BCUT2D eigenvalue weighted by molar-refractivity contribution is 6.06. The molecule has 0 atom stereocenters. The molecular formula is C25H31N5O. The number of aryl methyl sites for hydroxylation is 1. The van der Waals surface area contributed by atoms with Crippen molar-refractivity contribution in [3.8, 4) is 6.07 Å². The lowest BCUT2D eigenvalue weighted by molar-refractivity contribution is -0.112. The quantitative estimate of drug-likeness (QED) is 0.497. The molecule has 1 heterocycles. The fraction of sp³-hybridized carbons (Fsp3) is 0.360. The van der Waals surface area contributed by atoms with Crippen LogP contribution in [0.15, 0.2) is 60.3 Å². The normalized spacial score (nSPS) is 14.7. The third-order valence-electron chi connectivity index (χ3n) is 5.51. The third-order valence-corrected chi connectivity index (χ3v) is 5.51. The van der Waals surface area contributed by atoms with Crippen LogP contribution in [0.3, 0.4) is 0 Å². The van der Waals surface area contributed by atoms with E-state index in [1.54, 1.807) is 0 Å². The van der Waals surface area contributed by atoms with E-state index in [0.29, 0.717) is 5.69 Å². The Bertz CT molecular complexity index is 920. The predicted octanol–water partition coefficient (Wildman–Crippen LogP) is 4.24. The number of benzene rings is 2. The number of amides is 1. The van der Waals surface area contributed by atoms with Gasteiger partial charge in [-0.1, -0.05) is 25.5 Å². The van der Waals surface area contributed by atoms with Gasteiger partial charge in [0.25, 0.3) is 5.91 Å². The van der Waals surface area contributed by atoms with Gasteiger partial charge in [-0.05, 0) is 61.9 Å². The van der Waals surface area contributed by atoms with Crippen LogP contribution in [0.1, 0.15) is 25.3 Å². The van der Waals surface area contributed by atoms with Gasteiger partial charge in [-0.25, -0.2) is 0 Å². The van der Waals surface area contributed by atoms with E-state index < -0.39 is 5.91 Å². The van der Waals surface area contributed by atoms with Gasteiger partial charge in [-0.2, -0.15) is 5.26 Å². The Morgan fingerprint density at radius 2 is 1.68 bits per heavy atom. The van der Waals surface area contributed by atoms with Crippen molar-refractivity contribution in [2.45, 2.75) is 26.2 Å². The number of unbranched alkanes of at least 4 members (excludes halogenated alkanes) is 1. The number of likely N-dealkylation sites (N-methyl/N-ethyl adjacent to an activating group) is 1. The van der Waals surface area contributed by atoms with Crippen LogP contribution in [0.2, 0.25) is 0 Å². The van der Waals surface area contributed by atoms with Gasteiger partial charge in [-0.15, -0.1) is 0 Å². The highest BCUT2D eigenvalue weighted by Crippen LogP contribution is 2.20. The van der Waals surface area contributed by atoms with Gasteiger partial charge in [-0.3, -0.25) is 4.79 Å². The second-order valence-electron chi connectivity index (χ2n) is 7.91. The van der Waals surface area contributed by atoms with Crippen molar-refractivity contribution >= 4 is 23.0 Å². The minimum Gasteiger partial charge on any atom is -0.369 e. The predicted molar refractivity (Wildman–Crippen MR) is 127 cm³/mol. The van der Waals surface area contributed by atoms with Crippen molar-refractivity contribution in [2.75, 3.05) is 48.8 Å². The van der Waals surface area contributed by atoms with Crippen molar-refractivity contribution in [1.29, 1.82) is 5.26 Å². The first-order chi connectivity index (χ1) is 15.1. The molecule has 0 aliphatic carbocycles. The SMILES string of the molecule is CCCCc1ccc(NC(=O)/C(C#N)=C\Nc2ccc(N3CCN(C)CC3)cc2)cc1. The molecule has 0 saturated carbocycles. The second-order valence-corrected chi connectivity index (χ2v) is 7.91. The van der Waals surface area contributed by atoms with Crippen LogP contribution in [0.5, 0.6) is 0 Å². The fourth-order valence-corrected chi connectivity index (χ4v) is 3.47. The van der Waals surface area contributed by atoms with Gasteiger partial charge >= 0.3 is 0 Å². The van der Waals surface area contributed by atoms with Gasteiger partial charge in [0.2, 0.25) is 0 Å². The molecule has 31 heavy (non-hydrogen) atoms. The van der Waals surface area contributed by atoms with E-state index in [0.717, 1.165) is 51.1 Å². The number of hydrogen-bond acceptors (Lipinski definition) is 5. The molecule has 6 nitrogen and oxygen atoms in total. The molecule has 1 amide bonds. The van der Waals surface area contributed by atoms with Crippen LogP contribution in [-0.4, -0.2) is 44.0 Å². The number of rotatable bonds is 8. The van der Waals surface area contributed by atoms with Crippen LogP contribution in [0.25, 0.3) is 0 Å². The van der Waals surface area contributed by atoms with E-state index in [9.17, 15) is 10.1 Å². The molecule has 0 aromatic heterocycles. The summed E-state index contributed by atoms with van der Waals surface area (Å²) in [5, 5.41) is 15.2. The summed E-state index contributed by atoms with van der Waals surface area (Å²) in [6.45, 7) is 6.32. The van der Waals surface area contributed by atoms with Crippen molar-refractivity contribution in [2.24, 2.45) is 0 Å². The average molecular weight is 418 g/mol. The van der Waals surface area contributed by atoms with E-state index in [1.807, 2.05) is 42.5 Å². The fourth-order valence-electron chi connectivity index (χ4n) is 3.47. The number of anilines is 3. The molecule has 1 saturated heterocycles. The number of nitrogens with one attached hydrogen (secondary N) is 2. The molecule has 1 aliphatic rings. The van der Waals surface area contributed by atoms with Crippen molar-refractivity contribution in [1.82, 2.24) is 4.90 Å². The minimum atomic E-state index is -0.426. The van der Waals surface area contributed by atoms with Gasteiger partial charge in [0.1, 0.15) is 11.6 Å². The Labute approximate surface area is 185 Å². The molecule has 0 bridgehead atoms. The van der Waals surface area contributed by atoms with E-state index in [1.165, 1.54) is 17.5 Å². The minimum absolute atomic E-state index is 0.0261. The zero-order valence-corrected chi connectivity index (χ0v) is 18.4. The first-order valence-electron chi connectivity index (χ1n) is 10.9. The first kappa shape index (κ1) is 22.4. The Morgan fingerprint density at radius 1 is 1.03 bits per heavy atom. The van der Waals surface area contributed by atoms with Crippen LogP contribution in [-0.2, 0) is 11.2 Å². The number of nitriles is 1. The van der Waals surface area contributed by atoms with E-state index >= 15 is 0 Å². The maximum Gasteiger partial charge on any atom is 0.267 e. The summed E-state index contributed by atoms with van der Waals surface area (Å²) < 4.78 is 0. The molecule has 2 N–H and O–H groups in total. The summed E-state index contributed by atoms with van der Waals surface area (Å²) in [5.74, 6) is -0.426. The number of carbonyl (C=O) groups excluding carboxylic acids is 1. The molecule has 1 fully saturated rings. The zero-order valence-electron chi connectivity index (χ0n) is 18.4. The molecule has 2 aromatic carbocycles. The molecule has 0 spiro atoms.